The Morgan fingerprint density at radius 2 is 2.00 bits per heavy atom. The quantitative estimate of drug-likeness (QED) is 0.474. The molecule has 4 aromatic rings. The number of aromatic nitrogens is 5. The third-order valence-corrected chi connectivity index (χ3v) is 5.57. The van der Waals surface area contributed by atoms with Crippen LogP contribution in [0.3, 0.4) is 0 Å². The summed E-state index contributed by atoms with van der Waals surface area (Å²) in [6, 6.07) is 1.64. The van der Waals surface area contributed by atoms with Crippen LogP contribution in [0.2, 0.25) is 0 Å². The Hall–Kier alpha value is -3.24. The van der Waals surface area contributed by atoms with E-state index < -0.39 is 0 Å². The average Bonchev–Trinajstić information content (AvgIpc) is 3.39. The molecule has 0 aromatic carbocycles. The van der Waals surface area contributed by atoms with Gasteiger partial charge in [0.1, 0.15) is 10.7 Å². The molecule has 0 bridgehead atoms. The maximum Gasteiger partial charge on any atom is 0.260 e. The Balaban J connectivity index is 1.60. The number of carbonyl (C=O) groups is 2. The van der Waals surface area contributed by atoms with Crippen molar-refractivity contribution in [2.75, 3.05) is 16.5 Å². The van der Waals surface area contributed by atoms with Gasteiger partial charge in [-0.15, -0.1) is 22.9 Å². The highest BCUT2D eigenvalue weighted by Gasteiger charge is 2.18. The molecule has 0 aliphatic carbocycles. The third kappa shape index (κ3) is 3.84. The number of nitrogens with one attached hydrogen (secondary N) is 2. The first kappa shape index (κ1) is 19.1. The smallest absolute Gasteiger partial charge is 0.260 e. The lowest BCUT2D eigenvalue weighted by Gasteiger charge is -2.10. The molecule has 0 fully saturated rings. The van der Waals surface area contributed by atoms with E-state index in [9.17, 15) is 9.59 Å². The maximum atomic E-state index is 12.9. The minimum Gasteiger partial charge on any atom is -0.324 e. The van der Waals surface area contributed by atoms with E-state index in [2.05, 4.69) is 25.8 Å². The predicted octanol–water partition coefficient (Wildman–Crippen LogP) is 2.93. The molecule has 0 atom stereocenters. The molecule has 4 aromatic heterocycles. The fraction of sp³-hybridized carbons (Fsp3) is 0.167. The van der Waals surface area contributed by atoms with Crippen molar-refractivity contribution < 1.29 is 9.59 Å². The SMILES string of the molecule is Cc1ncc(NC(=O)CCl)cc1NC(=O)c1cnn2cc(-c3cnn(C)c3)sc12. The van der Waals surface area contributed by atoms with Crippen LogP contribution in [0.1, 0.15) is 16.1 Å². The lowest BCUT2D eigenvalue weighted by Crippen LogP contribution is -2.15. The normalized spacial score (nSPS) is 11.0. The van der Waals surface area contributed by atoms with Crippen molar-refractivity contribution in [1.82, 2.24) is 24.4 Å². The van der Waals surface area contributed by atoms with Crippen LogP contribution in [0.5, 0.6) is 0 Å². The van der Waals surface area contributed by atoms with Crippen LogP contribution in [0.4, 0.5) is 11.4 Å². The number of halogens is 1. The zero-order valence-electron chi connectivity index (χ0n) is 15.5. The van der Waals surface area contributed by atoms with Crippen LogP contribution < -0.4 is 10.6 Å². The number of amides is 2. The summed E-state index contributed by atoms with van der Waals surface area (Å²) >= 11 is 6.97. The fourth-order valence-corrected chi connectivity index (χ4v) is 3.84. The molecule has 4 rings (SSSR count). The number of hydrogen-bond donors (Lipinski definition) is 2. The maximum absolute atomic E-state index is 12.9. The van der Waals surface area contributed by atoms with Crippen LogP contribution in [0.15, 0.2) is 37.1 Å². The number of pyridine rings is 1. The number of fused-ring (bicyclic) bond motifs is 1. The van der Waals surface area contributed by atoms with Crippen molar-refractivity contribution in [1.29, 1.82) is 0 Å². The molecule has 4 heterocycles. The van der Waals surface area contributed by atoms with Gasteiger partial charge < -0.3 is 10.6 Å². The Morgan fingerprint density at radius 3 is 2.72 bits per heavy atom. The zero-order chi connectivity index (χ0) is 20.5. The van der Waals surface area contributed by atoms with E-state index in [-0.39, 0.29) is 17.7 Å². The van der Waals surface area contributed by atoms with Crippen LogP contribution >= 0.6 is 22.9 Å². The molecule has 2 N–H and O–H groups in total. The molecule has 2 amide bonds. The lowest BCUT2D eigenvalue weighted by atomic mass is 10.2. The van der Waals surface area contributed by atoms with Crippen molar-refractivity contribution in [3.63, 3.8) is 0 Å². The molecule has 9 nitrogen and oxygen atoms in total. The summed E-state index contributed by atoms with van der Waals surface area (Å²) in [5, 5.41) is 13.9. The standard InChI is InChI=1S/C18H16ClN7O2S/c1-10-14(3-12(6-20-10)23-16(27)4-19)24-17(28)13-7-22-26-9-15(29-18(13)26)11-5-21-25(2)8-11/h3,5-9H,4H2,1-2H3,(H,23,27)(H,24,28). The number of hydrogen-bond acceptors (Lipinski definition) is 6. The highest BCUT2D eigenvalue weighted by atomic mass is 35.5. The number of carbonyl (C=O) groups excluding carboxylic acids is 2. The molecule has 11 heteroatoms. The average molecular weight is 430 g/mol. The summed E-state index contributed by atoms with van der Waals surface area (Å²) in [5.41, 5.74) is 2.96. The van der Waals surface area contributed by atoms with Crippen LogP contribution in [0, 0.1) is 6.92 Å². The fourth-order valence-electron chi connectivity index (χ4n) is 2.74. The minimum absolute atomic E-state index is 0.165. The van der Waals surface area contributed by atoms with Gasteiger partial charge in [-0.3, -0.25) is 19.3 Å². The van der Waals surface area contributed by atoms with Gasteiger partial charge in [0.15, 0.2) is 0 Å². The van der Waals surface area contributed by atoms with Crippen LogP contribution in [-0.4, -0.2) is 42.1 Å². The molecule has 148 valence electrons. The monoisotopic (exact) mass is 429 g/mol. The van der Waals surface area contributed by atoms with Gasteiger partial charge in [-0.25, -0.2) is 4.52 Å². The van der Waals surface area contributed by atoms with Gasteiger partial charge in [0.05, 0.1) is 46.1 Å². The summed E-state index contributed by atoms with van der Waals surface area (Å²) < 4.78 is 3.39. The highest BCUT2D eigenvalue weighted by Crippen LogP contribution is 2.30. The molecule has 0 saturated heterocycles. The van der Waals surface area contributed by atoms with Gasteiger partial charge in [0, 0.05) is 25.0 Å². The van der Waals surface area contributed by atoms with Crippen molar-refractivity contribution >= 4 is 51.0 Å². The minimum atomic E-state index is -0.352. The second-order valence-electron chi connectivity index (χ2n) is 6.30. The highest BCUT2D eigenvalue weighted by molar-refractivity contribution is 7.21. The van der Waals surface area contributed by atoms with Gasteiger partial charge >= 0.3 is 0 Å². The molecule has 0 aliphatic heterocycles. The summed E-state index contributed by atoms with van der Waals surface area (Å²) in [6.07, 6.45) is 8.56. The second-order valence-corrected chi connectivity index (χ2v) is 7.60. The first-order valence-corrected chi connectivity index (χ1v) is 9.89. The lowest BCUT2D eigenvalue weighted by molar-refractivity contribution is -0.113. The largest absolute Gasteiger partial charge is 0.324 e. The summed E-state index contributed by atoms with van der Waals surface area (Å²) in [5.74, 6) is -0.832. The first-order valence-electron chi connectivity index (χ1n) is 8.54. The van der Waals surface area contributed by atoms with E-state index in [1.165, 1.54) is 23.7 Å². The summed E-state index contributed by atoms with van der Waals surface area (Å²) in [7, 11) is 1.85. The van der Waals surface area contributed by atoms with Gasteiger partial charge in [-0.1, -0.05) is 0 Å². The Bertz CT molecular complexity index is 1230. The van der Waals surface area contributed by atoms with E-state index in [1.54, 1.807) is 28.4 Å². The van der Waals surface area contributed by atoms with E-state index in [4.69, 9.17) is 11.6 Å². The molecule has 0 aliphatic rings. The molecule has 0 radical (unpaired) electrons. The van der Waals surface area contributed by atoms with E-state index in [0.29, 0.717) is 22.6 Å². The summed E-state index contributed by atoms with van der Waals surface area (Å²) in [6.45, 7) is 1.77. The third-order valence-electron chi connectivity index (χ3n) is 4.17. The Labute approximate surface area is 174 Å². The molecule has 0 saturated carbocycles. The predicted molar refractivity (Wildman–Crippen MR) is 112 cm³/mol. The molecule has 29 heavy (non-hydrogen) atoms. The second kappa shape index (κ2) is 7.64. The van der Waals surface area contributed by atoms with Gasteiger partial charge in [-0.2, -0.15) is 10.2 Å². The number of aryl methyl sites for hydroxylation is 2. The number of anilines is 2. The zero-order valence-corrected chi connectivity index (χ0v) is 17.1. The van der Waals surface area contributed by atoms with Crippen LogP contribution in [0.25, 0.3) is 15.3 Å². The topological polar surface area (TPSA) is 106 Å². The van der Waals surface area contributed by atoms with E-state index in [1.807, 2.05) is 19.4 Å². The summed E-state index contributed by atoms with van der Waals surface area (Å²) in [4.78, 5) is 30.2. The van der Waals surface area contributed by atoms with E-state index in [0.717, 1.165) is 15.3 Å². The van der Waals surface area contributed by atoms with E-state index >= 15 is 0 Å². The van der Waals surface area contributed by atoms with Crippen LogP contribution in [-0.2, 0) is 11.8 Å². The van der Waals surface area contributed by atoms with Gasteiger partial charge in [-0.05, 0) is 13.0 Å². The molecular formula is C18H16ClN7O2S. The molecule has 0 unspecified atom stereocenters. The number of rotatable bonds is 5. The Kier molecular flexibility index (Phi) is 5.03. The first-order chi connectivity index (χ1) is 13.9. The van der Waals surface area contributed by atoms with Crippen molar-refractivity contribution in [2.24, 2.45) is 7.05 Å². The van der Waals surface area contributed by atoms with Crippen molar-refractivity contribution in [3.8, 4) is 10.4 Å². The van der Waals surface area contributed by atoms with Gasteiger partial charge in [0.2, 0.25) is 5.91 Å². The molecular weight excluding hydrogens is 414 g/mol. The number of thiazole rings is 1. The Morgan fingerprint density at radius 1 is 1.17 bits per heavy atom. The van der Waals surface area contributed by atoms with Crippen molar-refractivity contribution in [3.05, 3.63) is 48.3 Å². The van der Waals surface area contributed by atoms with Gasteiger partial charge in [0.25, 0.3) is 5.91 Å². The molecule has 0 spiro atoms. The van der Waals surface area contributed by atoms with Crippen molar-refractivity contribution in [2.45, 2.75) is 6.92 Å². The number of alkyl halides is 1. The number of nitrogens with zero attached hydrogens (tertiary/aromatic N) is 5.